The Labute approximate surface area is 124 Å². The summed E-state index contributed by atoms with van der Waals surface area (Å²) in [4.78, 5) is 10.2. The first-order valence-corrected chi connectivity index (χ1v) is 8.75. The summed E-state index contributed by atoms with van der Waals surface area (Å²) >= 11 is 0. The number of carbonyl (C=O) groups is 1. The Kier molecular flexibility index (Phi) is 18.4. The second-order valence-electron chi connectivity index (χ2n) is 3.08. The zero-order chi connectivity index (χ0) is 14.9. The van der Waals surface area contributed by atoms with Gasteiger partial charge in [-0.15, -0.1) is 0 Å². The SMILES string of the molecule is CN.CSSC.O=C(O)CC/C=C/c1ccccc1. The highest BCUT2D eigenvalue weighted by molar-refractivity contribution is 8.76. The Morgan fingerprint density at radius 1 is 1.21 bits per heavy atom. The van der Waals surface area contributed by atoms with Crippen LogP contribution >= 0.6 is 21.6 Å². The maximum absolute atomic E-state index is 10.2. The summed E-state index contributed by atoms with van der Waals surface area (Å²) in [6.45, 7) is 0. The standard InChI is InChI=1S/C11H12O2.C2H6S2.CH5N/c12-11(13)9-5-4-8-10-6-2-1-3-7-10;1-3-4-2;1-2/h1-4,6-8H,5,9H2,(H,12,13);1-2H3;2H2,1H3/b8-4+;;. The Morgan fingerprint density at radius 3 is 2.16 bits per heavy atom. The van der Waals surface area contributed by atoms with Gasteiger partial charge in [0, 0.05) is 6.42 Å². The third-order valence-corrected chi connectivity index (χ3v) is 3.13. The van der Waals surface area contributed by atoms with E-state index < -0.39 is 5.97 Å². The van der Waals surface area contributed by atoms with Gasteiger partial charge in [0.1, 0.15) is 0 Å². The number of carboxylic acid groups (broad SMARTS) is 1. The molecule has 3 nitrogen and oxygen atoms in total. The average molecular weight is 301 g/mol. The van der Waals surface area contributed by atoms with Gasteiger partial charge in [-0.2, -0.15) is 0 Å². The van der Waals surface area contributed by atoms with Crippen molar-refractivity contribution in [1.82, 2.24) is 0 Å². The van der Waals surface area contributed by atoms with E-state index in [4.69, 9.17) is 5.11 Å². The summed E-state index contributed by atoms with van der Waals surface area (Å²) in [5.41, 5.74) is 5.60. The Morgan fingerprint density at radius 2 is 1.74 bits per heavy atom. The van der Waals surface area contributed by atoms with Crippen LogP contribution in [0.25, 0.3) is 6.08 Å². The van der Waals surface area contributed by atoms with Gasteiger partial charge in [-0.05, 0) is 31.5 Å². The first-order valence-electron chi connectivity index (χ1n) is 5.78. The number of benzene rings is 1. The predicted octanol–water partition coefficient (Wildman–Crippen LogP) is 3.77. The molecule has 0 aromatic heterocycles. The molecule has 0 saturated heterocycles. The van der Waals surface area contributed by atoms with E-state index in [9.17, 15) is 4.79 Å². The molecule has 0 saturated carbocycles. The molecule has 0 spiro atoms. The van der Waals surface area contributed by atoms with E-state index in [1.54, 1.807) is 21.6 Å². The highest BCUT2D eigenvalue weighted by Gasteiger charge is 1.91. The molecule has 0 aliphatic carbocycles. The van der Waals surface area contributed by atoms with Crippen LogP contribution in [0.2, 0.25) is 0 Å². The smallest absolute Gasteiger partial charge is 0.303 e. The van der Waals surface area contributed by atoms with Gasteiger partial charge in [-0.3, -0.25) is 4.79 Å². The van der Waals surface area contributed by atoms with E-state index in [2.05, 4.69) is 18.2 Å². The summed E-state index contributed by atoms with van der Waals surface area (Å²) in [5, 5.41) is 8.38. The Hall–Kier alpha value is -0.910. The third kappa shape index (κ3) is 17.1. The maximum Gasteiger partial charge on any atom is 0.303 e. The van der Waals surface area contributed by atoms with Gasteiger partial charge in [0.2, 0.25) is 0 Å². The molecule has 0 radical (unpaired) electrons. The molecular formula is C14H23NO2S2. The average Bonchev–Trinajstić information content (AvgIpc) is 2.47. The summed E-state index contributed by atoms with van der Waals surface area (Å²) in [5.74, 6) is -0.752. The fourth-order valence-electron chi connectivity index (χ4n) is 0.990. The van der Waals surface area contributed by atoms with Gasteiger partial charge in [0.05, 0.1) is 0 Å². The molecular weight excluding hydrogens is 278 g/mol. The lowest BCUT2D eigenvalue weighted by molar-refractivity contribution is -0.136. The minimum Gasteiger partial charge on any atom is -0.481 e. The molecule has 3 N–H and O–H groups in total. The molecule has 0 fully saturated rings. The lowest BCUT2D eigenvalue weighted by Crippen LogP contribution is -1.91. The van der Waals surface area contributed by atoms with Crippen molar-refractivity contribution in [1.29, 1.82) is 0 Å². The number of allylic oxidation sites excluding steroid dienone is 1. The van der Waals surface area contributed by atoms with Crippen LogP contribution in [-0.2, 0) is 4.79 Å². The first-order chi connectivity index (χ1) is 9.20. The molecule has 1 rings (SSSR count). The van der Waals surface area contributed by atoms with Crippen molar-refractivity contribution in [3.05, 3.63) is 42.0 Å². The molecule has 0 atom stereocenters. The highest BCUT2D eigenvalue weighted by atomic mass is 33.1. The molecule has 0 unspecified atom stereocenters. The van der Waals surface area contributed by atoms with Gasteiger partial charge >= 0.3 is 5.97 Å². The molecule has 5 heteroatoms. The lowest BCUT2D eigenvalue weighted by atomic mass is 10.2. The largest absolute Gasteiger partial charge is 0.481 e. The Balaban J connectivity index is 0. The lowest BCUT2D eigenvalue weighted by Gasteiger charge is -1.90. The number of rotatable bonds is 5. The monoisotopic (exact) mass is 301 g/mol. The van der Waals surface area contributed by atoms with Gasteiger partial charge in [0.25, 0.3) is 0 Å². The third-order valence-electron chi connectivity index (χ3n) is 1.80. The number of nitrogens with two attached hydrogens (primary N) is 1. The molecule has 1 aromatic carbocycles. The zero-order valence-corrected chi connectivity index (χ0v) is 13.3. The van der Waals surface area contributed by atoms with Crippen molar-refractivity contribution in [2.45, 2.75) is 12.8 Å². The van der Waals surface area contributed by atoms with Crippen LogP contribution in [0.3, 0.4) is 0 Å². The fourth-order valence-corrected chi connectivity index (χ4v) is 0.990. The van der Waals surface area contributed by atoms with Crippen LogP contribution in [0.4, 0.5) is 0 Å². The number of hydrogen-bond acceptors (Lipinski definition) is 4. The van der Waals surface area contributed by atoms with Crippen LogP contribution in [0, 0.1) is 0 Å². The number of aliphatic carboxylic acids is 1. The summed E-state index contributed by atoms with van der Waals surface area (Å²) in [6, 6.07) is 9.83. The van der Waals surface area contributed by atoms with E-state index in [0.29, 0.717) is 6.42 Å². The van der Waals surface area contributed by atoms with Gasteiger partial charge in [-0.1, -0.05) is 64.1 Å². The van der Waals surface area contributed by atoms with Crippen LogP contribution < -0.4 is 5.73 Å². The molecule has 0 bridgehead atoms. The quantitative estimate of drug-likeness (QED) is 0.811. The number of hydrogen-bond donors (Lipinski definition) is 2. The van der Waals surface area contributed by atoms with E-state index in [1.165, 1.54) is 7.05 Å². The minimum atomic E-state index is -0.752. The topological polar surface area (TPSA) is 63.3 Å². The van der Waals surface area contributed by atoms with Crippen LogP contribution in [0.1, 0.15) is 18.4 Å². The van der Waals surface area contributed by atoms with Crippen LogP contribution in [-0.4, -0.2) is 30.6 Å². The zero-order valence-electron chi connectivity index (χ0n) is 11.7. The van der Waals surface area contributed by atoms with Gasteiger partial charge < -0.3 is 10.8 Å². The van der Waals surface area contributed by atoms with E-state index in [-0.39, 0.29) is 6.42 Å². The summed E-state index contributed by atoms with van der Waals surface area (Å²) in [7, 11) is 5.05. The van der Waals surface area contributed by atoms with E-state index in [1.807, 2.05) is 42.5 Å². The molecule has 1 aromatic rings. The summed E-state index contributed by atoms with van der Waals surface area (Å²) in [6.07, 6.45) is 8.72. The van der Waals surface area contributed by atoms with Gasteiger partial charge in [-0.25, -0.2) is 0 Å². The molecule has 0 aliphatic heterocycles. The van der Waals surface area contributed by atoms with Gasteiger partial charge in [0.15, 0.2) is 0 Å². The van der Waals surface area contributed by atoms with Crippen molar-refractivity contribution in [3.63, 3.8) is 0 Å². The molecule has 0 aliphatic rings. The molecule has 108 valence electrons. The highest BCUT2D eigenvalue weighted by Crippen LogP contribution is 2.09. The summed E-state index contributed by atoms with van der Waals surface area (Å²) < 4.78 is 0. The number of carboxylic acids is 1. The van der Waals surface area contributed by atoms with Crippen LogP contribution in [0.5, 0.6) is 0 Å². The van der Waals surface area contributed by atoms with Crippen molar-refractivity contribution in [2.24, 2.45) is 5.73 Å². The van der Waals surface area contributed by atoms with E-state index >= 15 is 0 Å². The van der Waals surface area contributed by atoms with E-state index in [0.717, 1.165) is 5.56 Å². The van der Waals surface area contributed by atoms with Crippen molar-refractivity contribution < 1.29 is 9.90 Å². The molecule has 19 heavy (non-hydrogen) atoms. The Bertz CT molecular complexity index is 327. The second-order valence-corrected chi connectivity index (χ2v) is 5.75. The van der Waals surface area contributed by atoms with Crippen molar-refractivity contribution in [2.75, 3.05) is 19.6 Å². The van der Waals surface area contributed by atoms with Crippen molar-refractivity contribution >= 4 is 33.6 Å². The molecule has 0 amide bonds. The minimum absolute atomic E-state index is 0.198. The fraction of sp³-hybridized carbons (Fsp3) is 0.357. The van der Waals surface area contributed by atoms with Crippen molar-refractivity contribution in [3.8, 4) is 0 Å². The maximum atomic E-state index is 10.2. The first kappa shape index (κ1) is 20.4. The predicted molar refractivity (Wildman–Crippen MR) is 89.5 cm³/mol. The molecule has 0 heterocycles. The van der Waals surface area contributed by atoms with Crippen LogP contribution in [0.15, 0.2) is 36.4 Å². The second kappa shape index (κ2) is 17.1. The normalized spacial score (nSPS) is 9.05.